The number of Topliss-reactive ketones (excluding diaryl/α,β-unsaturated/α-hetero) is 1. The lowest BCUT2D eigenvalue weighted by Crippen LogP contribution is -2.36. The molecule has 1 aliphatic rings. The summed E-state index contributed by atoms with van der Waals surface area (Å²) in [6.45, 7) is 10.6. The summed E-state index contributed by atoms with van der Waals surface area (Å²) in [5.41, 5.74) is 7.09. The third-order valence-corrected chi connectivity index (χ3v) is 5.15. The molecule has 0 saturated carbocycles. The molecule has 1 aromatic heterocycles. The largest absolute Gasteiger partial charge is 0.397 e. The lowest BCUT2D eigenvalue weighted by Gasteiger charge is -2.37. The Morgan fingerprint density at radius 2 is 1.95 bits per heavy atom. The molecule has 4 heteroatoms. The van der Waals surface area contributed by atoms with E-state index in [1.54, 1.807) is 11.3 Å². The molecule has 0 bridgehead atoms. The summed E-state index contributed by atoms with van der Waals surface area (Å²) in [5.74, 6) is 0.167. The van der Waals surface area contributed by atoms with E-state index in [0.717, 1.165) is 23.0 Å². The van der Waals surface area contributed by atoms with Gasteiger partial charge >= 0.3 is 0 Å². The quantitative estimate of drug-likeness (QED) is 0.857. The first-order chi connectivity index (χ1) is 8.80. The summed E-state index contributed by atoms with van der Waals surface area (Å²) in [6.07, 6.45) is 2.39. The Hall–Kier alpha value is -1.03. The number of thiophene rings is 1. The molecule has 0 aromatic carbocycles. The number of nitrogen functional groups attached to an aromatic ring is 1. The van der Waals surface area contributed by atoms with Crippen LogP contribution in [0.2, 0.25) is 0 Å². The highest BCUT2D eigenvalue weighted by Gasteiger charge is 2.27. The average molecular weight is 280 g/mol. The number of nitrogens with two attached hydrogens (primary N) is 1. The van der Waals surface area contributed by atoms with E-state index in [-0.39, 0.29) is 11.7 Å². The minimum atomic E-state index is 0.00842. The van der Waals surface area contributed by atoms with Crippen LogP contribution in [0.15, 0.2) is 6.07 Å². The second-order valence-electron chi connectivity index (χ2n) is 6.54. The van der Waals surface area contributed by atoms with E-state index in [0.29, 0.717) is 11.1 Å². The minimum absolute atomic E-state index is 0.00842. The fraction of sp³-hybridized carbons (Fsp3) is 0.667. The van der Waals surface area contributed by atoms with Gasteiger partial charge in [-0.25, -0.2) is 0 Å². The van der Waals surface area contributed by atoms with Gasteiger partial charge in [0.15, 0.2) is 5.78 Å². The molecule has 0 spiro atoms. The molecular formula is C15H24N2OS. The fourth-order valence-electron chi connectivity index (χ4n) is 2.33. The van der Waals surface area contributed by atoms with Crippen LogP contribution in [0, 0.1) is 11.3 Å². The Morgan fingerprint density at radius 3 is 2.47 bits per heavy atom. The third kappa shape index (κ3) is 3.11. The van der Waals surface area contributed by atoms with Gasteiger partial charge in [0.05, 0.1) is 15.6 Å². The number of rotatable bonds is 3. The van der Waals surface area contributed by atoms with Crippen molar-refractivity contribution < 1.29 is 4.79 Å². The van der Waals surface area contributed by atoms with Gasteiger partial charge in [-0.1, -0.05) is 27.7 Å². The summed E-state index contributed by atoms with van der Waals surface area (Å²) in [6, 6.07) is 1.97. The first-order valence-electron chi connectivity index (χ1n) is 6.98. The van der Waals surface area contributed by atoms with Gasteiger partial charge in [-0.15, -0.1) is 11.3 Å². The van der Waals surface area contributed by atoms with Gasteiger partial charge < -0.3 is 10.6 Å². The molecule has 1 fully saturated rings. The van der Waals surface area contributed by atoms with Crippen LogP contribution in [0.25, 0.3) is 0 Å². The van der Waals surface area contributed by atoms with Gasteiger partial charge in [-0.05, 0) is 24.3 Å². The monoisotopic (exact) mass is 280 g/mol. The van der Waals surface area contributed by atoms with Crippen molar-refractivity contribution in [2.75, 3.05) is 23.7 Å². The smallest absolute Gasteiger partial charge is 0.177 e. The second kappa shape index (κ2) is 5.16. The number of carbonyl (C=O) groups is 1. The van der Waals surface area contributed by atoms with Gasteiger partial charge in [0.2, 0.25) is 0 Å². The van der Waals surface area contributed by atoms with Crippen molar-refractivity contribution >= 4 is 27.8 Å². The number of hydrogen-bond acceptors (Lipinski definition) is 4. The molecule has 2 rings (SSSR count). The number of ketones is 1. The molecule has 106 valence electrons. The number of nitrogens with zero attached hydrogens (tertiary/aromatic N) is 1. The van der Waals surface area contributed by atoms with Crippen LogP contribution in [-0.4, -0.2) is 18.9 Å². The van der Waals surface area contributed by atoms with Crippen LogP contribution in [0.4, 0.5) is 10.7 Å². The summed E-state index contributed by atoms with van der Waals surface area (Å²) in [5, 5.41) is 1.15. The SMILES string of the molecule is CC(C)C(=O)c1sc(N2CCC(C)(C)CC2)cc1N. The number of piperidine rings is 1. The maximum absolute atomic E-state index is 12.1. The Bertz CT molecular complexity index is 466. The van der Waals surface area contributed by atoms with Crippen molar-refractivity contribution in [3.8, 4) is 0 Å². The zero-order chi connectivity index (χ0) is 14.2. The van der Waals surface area contributed by atoms with Crippen LogP contribution in [0.1, 0.15) is 50.2 Å². The predicted molar refractivity (Wildman–Crippen MR) is 83.1 cm³/mol. The van der Waals surface area contributed by atoms with Crippen molar-refractivity contribution in [2.45, 2.75) is 40.5 Å². The lowest BCUT2D eigenvalue weighted by molar-refractivity contribution is 0.0944. The van der Waals surface area contributed by atoms with Crippen molar-refractivity contribution in [3.63, 3.8) is 0 Å². The highest BCUT2D eigenvalue weighted by atomic mass is 32.1. The molecule has 1 aromatic rings. The van der Waals surface area contributed by atoms with Gasteiger partial charge in [0.25, 0.3) is 0 Å². The highest BCUT2D eigenvalue weighted by Crippen LogP contribution is 2.38. The molecule has 3 nitrogen and oxygen atoms in total. The lowest BCUT2D eigenvalue weighted by atomic mass is 9.83. The molecule has 0 aliphatic carbocycles. The van der Waals surface area contributed by atoms with E-state index in [1.165, 1.54) is 12.8 Å². The van der Waals surface area contributed by atoms with E-state index < -0.39 is 0 Å². The average Bonchev–Trinajstić information content (AvgIpc) is 2.70. The molecule has 1 aliphatic heterocycles. The van der Waals surface area contributed by atoms with Gasteiger partial charge in [0, 0.05) is 19.0 Å². The van der Waals surface area contributed by atoms with E-state index in [4.69, 9.17) is 5.73 Å². The van der Waals surface area contributed by atoms with Gasteiger partial charge in [-0.3, -0.25) is 4.79 Å². The summed E-state index contributed by atoms with van der Waals surface area (Å²) in [7, 11) is 0. The van der Waals surface area contributed by atoms with Crippen molar-refractivity contribution in [1.29, 1.82) is 0 Å². The molecule has 0 radical (unpaired) electrons. The number of hydrogen-bond donors (Lipinski definition) is 1. The third-order valence-electron chi connectivity index (χ3n) is 3.92. The van der Waals surface area contributed by atoms with Gasteiger partial charge in [-0.2, -0.15) is 0 Å². The van der Waals surface area contributed by atoms with Crippen LogP contribution < -0.4 is 10.6 Å². The number of carbonyl (C=O) groups excluding carboxylic acids is 1. The molecule has 0 amide bonds. The molecule has 0 atom stereocenters. The van der Waals surface area contributed by atoms with E-state index in [2.05, 4.69) is 18.7 Å². The molecule has 19 heavy (non-hydrogen) atoms. The molecule has 2 heterocycles. The topological polar surface area (TPSA) is 46.3 Å². The van der Waals surface area contributed by atoms with Gasteiger partial charge in [0.1, 0.15) is 0 Å². The van der Waals surface area contributed by atoms with E-state index >= 15 is 0 Å². The summed E-state index contributed by atoms with van der Waals surface area (Å²) >= 11 is 1.55. The molecule has 0 unspecified atom stereocenters. The van der Waals surface area contributed by atoms with E-state index in [9.17, 15) is 4.79 Å². The Balaban J connectivity index is 2.15. The highest BCUT2D eigenvalue weighted by molar-refractivity contribution is 7.18. The molecular weight excluding hydrogens is 256 g/mol. The number of anilines is 2. The molecule has 2 N–H and O–H groups in total. The van der Waals surface area contributed by atoms with E-state index in [1.807, 2.05) is 19.9 Å². The Kier molecular flexibility index (Phi) is 3.90. The van der Waals surface area contributed by atoms with Crippen LogP contribution >= 0.6 is 11.3 Å². The van der Waals surface area contributed by atoms with Crippen molar-refractivity contribution in [3.05, 3.63) is 10.9 Å². The maximum atomic E-state index is 12.1. The van der Waals surface area contributed by atoms with Crippen molar-refractivity contribution in [2.24, 2.45) is 11.3 Å². The fourth-order valence-corrected chi connectivity index (χ4v) is 3.55. The summed E-state index contributed by atoms with van der Waals surface area (Å²) in [4.78, 5) is 15.2. The van der Waals surface area contributed by atoms with Crippen molar-refractivity contribution in [1.82, 2.24) is 0 Å². The van der Waals surface area contributed by atoms with Crippen LogP contribution in [-0.2, 0) is 0 Å². The predicted octanol–water partition coefficient (Wildman–Crippen LogP) is 3.80. The zero-order valence-electron chi connectivity index (χ0n) is 12.3. The Morgan fingerprint density at radius 1 is 1.37 bits per heavy atom. The maximum Gasteiger partial charge on any atom is 0.177 e. The van der Waals surface area contributed by atoms with Crippen LogP contribution in [0.5, 0.6) is 0 Å². The summed E-state index contributed by atoms with van der Waals surface area (Å²) < 4.78 is 0. The normalized spacial score (nSPS) is 18.9. The zero-order valence-corrected chi connectivity index (χ0v) is 13.1. The second-order valence-corrected chi connectivity index (χ2v) is 7.57. The molecule has 1 saturated heterocycles. The Labute approximate surface area is 119 Å². The first kappa shape index (κ1) is 14.4. The van der Waals surface area contributed by atoms with Crippen LogP contribution in [0.3, 0.4) is 0 Å². The first-order valence-corrected chi connectivity index (χ1v) is 7.80. The standard InChI is InChI=1S/C15H24N2OS/c1-10(2)13(18)14-11(16)9-12(19-14)17-7-5-15(3,4)6-8-17/h9-10H,5-8,16H2,1-4H3. The minimum Gasteiger partial charge on any atom is -0.397 e.